The van der Waals surface area contributed by atoms with Crippen LogP contribution in [0.1, 0.15) is 80.6 Å². The number of ether oxygens (including phenoxy) is 3. The fraction of sp³-hybridized carbons (Fsp3) is 0.649. The van der Waals surface area contributed by atoms with Crippen LogP contribution in [0.15, 0.2) is 30.5 Å². The molecule has 280 valence electrons. The number of hydrogen-bond acceptors (Lipinski definition) is 11. The SMILES string of the molecule is [B][C@@H]1CC(=O)[C@@H](C)C(=O)O[C@H](CC)[C@@]2(C)OC(=O)N(CCCCn3cc(-c4nc5ccccc5s4)nn3)[C@@H]2[C@@H](C)N(C(C)=O)C[C@H](C)C[C@@]1(C)OC. The number of cyclic esters (lactones) is 1. The molecule has 2 amide bonds. The van der Waals surface area contributed by atoms with Crippen molar-refractivity contribution in [1.29, 1.82) is 0 Å². The molecule has 8 atom stereocenters. The summed E-state index contributed by atoms with van der Waals surface area (Å²) >= 11 is 1.56. The van der Waals surface area contributed by atoms with Gasteiger partial charge in [-0.25, -0.2) is 9.78 Å². The summed E-state index contributed by atoms with van der Waals surface area (Å²) in [4.78, 5) is 62.1. The van der Waals surface area contributed by atoms with Crippen LogP contribution in [-0.2, 0) is 35.1 Å². The van der Waals surface area contributed by atoms with Crippen molar-refractivity contribution in [2.75, 3.05) is 20.2 Å². The minimum absolute atomic E-state index is 0.0858. The molecule has 0 bridgehead atoms. The van der Waals surface area contributed by atoms with Crippen LogP contribution in [0.3, 0.4) is 0 Å². The molecule has 2 fully saturated rings. The van der Waals surface area contributed by atoms with E-state index in [1.54, 1.807) is 39.9 Å². The summed E-state index contributed by atoms with van der Waals surface area (Å²) < 4.78 is 20.9. The van der Waals surface area contributed by atoms with Crippen LogP contribution >= 0.6 is 11.3 Å². The molecule has 0 unspecified atom stereocenters. The Morgan fingerprint density at radius 2 is 1.83 bits per heavy atom. The highest BCUT2D eigenvalue weighted by Crippen LogP contribution is 2.41. The van der Waals surface area contributed by atoms with Crippen molar-refractivity contribution in [3.63, 3.8) is 0 Å². The van der Waals surface area contributed by atoms with Crippen LogP contribution < -0.4 is 0 Å². The lowest BCUT2D eigenvalue weighted by molar-refractivity contribution is -0.171. The van der Waals surface area contributed by atoms with Gasteiger partial charge < -0.3 is 19.1 Å². The number of aryl methyl sites for hydroxylation is 1. The maximum atomic E-state index is 13.8. The van der Waals surface area contributed by atoms with Crippen LogP contribution in [0.5, 0.6) is 0 Å². The van der Waals surface area contributed by atoms with Crippen LogP contribution in [0.25, 0.3) is 20.9 Å². The third-order valence-corrected chi connectivity index (χ3v) is 12.0. The van der Waals surface area contributed by atoms with E-state index in [1.165, 1.54) is 13.8 Å². The molecule has 2 radical (unpaired) electrons. The van der Waals surface area contributed by atoms with Gasteiger partial charge in [-0.05, 0) is 77.2 Å². The average molecular weight is 735 g/mol. The van der Waals surface area contributed by atoms with Crippen molar-refractivity contribution < 1.29 is 33.4 Å². The number of methoxy groups -OCH3 is 1. The topological polar surface area (TPSA) is 146 Å². The highest BCUT2D eigenvalue weighted by Gasteiger charge is 2.59. The van der Waals surface area contributed by atoms with E-state index in [9.17, 15) is 19.2 Å². The maximum Gasteiger partial charge on any atom is 0.410 e. The lowest BCUT2D eigenvalue weighted by Crippen LogP contribution is -2.62. The Bertz CT molecular complexity index is 1740. The molecule has 0 N–H and O–H groups in total. The summed E-state index contributed by atoms with van der Waals surface area (Å²) in [6.45, 7) is 13.6. The minimum Gasteiger partial charge on any atom is -0.458 e. The van der Waals surface area contributed by atoms with Crippen LogP contribution in [0.2, 0.25) is 5.82 Å². The summed E-state index contributed by atoms with van der Waals surface area (Å²) in [5, 5.41) is 9.44. The van der Waals surface area contributed by atoms with Gasteiger partial charge in [0.2, 0.25) is 5.91 Å². The first-order valence-corrected chi connectivity index (χ1v) is 19.0. The van der Waals surface area contributed by atoms with Crippen LogP contribution in [-0.4, -0.2) is 111 Å². The van der Waals surface area contributed by atoms with Gasteiger partial charge in [-0.1, -0.05) is 31.2 Å². The summed E-state index contributed by atoms with van der Waals surface area (Å²) in [7, 11) is 8.10. The average Bonchev–Trinajstić information content (AvgIpc) is 3.82. The molecule has 52 heavy (non-hydrogen) atoms. The third-order valence-electron chi connectivity index (χ3n) is 10.9. The number of para-hydroxylation sites is 1. The van der Waals surface area contributed by atoms with Crippen molar-refractivity contribution in [1.82, 2.24) is 29.8 Å². The zero-order chi connectivity index (χ0) is 38.0. The zero-order valence-electron chi connectivity index (χ0n) is 31.5. The number of nitrogens with zero attached hydrogens (tertiary/aromatic N) is 6. The van der Waals surface area contributed by atoms with Crippen molar-refractivity contribution in [2.45, 2.75) is 122 Å². The molecule has 13 nitrogen and oxygen atoms in total. The molecule has 0 saturated carbocycles. The number of rotatable bonds is 8. The minimum atomic E-state index is -1.32. The number of esters is 1. The van der Waals surface area contributed by atoms with Gasteiger partial charge in [-0.3, -0.25) is 24.0 Å². The fourth-order valence-electron chi connectivity index (χ4n) is 7.82. The molecule has 2 aromatic heterocycles. The largest absolute Gasteiger partial charge is 0.458 e. The number of amides is 2. The molecule has 2 saturated heterocycles. The van der Waals surface area contributed by atoms with E-state index < -0.39 is 53.2 Å². The monoisotopic (exact) mass is 734 g/mol. The summed E-state index contributed by atoms with van der Waals surface area (Å²) in [6.07, 6.45) is 2.41. The highest BCUT2D eigenvalue weighted by molar-refractivity contribution is 7.21. The number of unbranched alkanes of at least 4 members (excludes halogenated alkanes) is 1. The van der Waals surface area contributed by atoms with E-state index in [0.717, 1.165) is 15.2 Å². The van der Waals surface area contributed by atoms with Gasteiger partial charge in [0, 0.05) is 40.1 Å². The number of Topliss-reactive ketones (excluding diaryl/α,β-unsaturated/α-hetero) is 1. The standard InChI is InChI=1S/C37H51BN6O7S/c1-9-31-37(7)32(24(4)44(25(5)45)20-22(2)19-36(6,49-8)30(38)18-28(46)23(3)34(47)50-31)43(35(48)51-37)17-13-12-16-42-21-27(40-41-42)33-39-26-14-10-11-15-29(26)52-33/h10-11,14-15,21-24,30-32H,9,12-13,16-20H2,1-8H3/t22-,23-,24-,30-,31-,32-,36-,37-/m1/s1. The molecule has 5 rings (SSSR count). The number of carbonyl (C=O) groups is 4. The summed E-state index contributed by atoms with van der Waals surface area (Å²) in [5.74, 6) is -3.11. The molecule has 2 aliphatic rings. The summed E-state index contributed by atoms with van der Waals surface area (Å²) in [5.41, 5.74) is -0.603. The number of benzene rings is 1. The maximum absolute atomic E-state index is 13.8. The second-order valence-corrected chi connectivity index (χ2v) is 15.9. The Hall–Kier alpha value is -3.85. The van der Waals surface area contributed by atoms with Gasteiger partial charge in [0.1, 0.15) is 28.5 Å². The lowest BCUT2D eigenvalue weighted by Gasteiger charge is -2.44. The molecular weight excluding hydrogens is 683 g/mol. The lowest BCUT2D eigenvalue weighted by atomic mass is 9.67. The van der Waals surface area contributed by atoms with Crippen LogP contribution in [0, 0.1) is 11.8 Å². The van der Waals surface area contributed by atoms with Crippen molar-refractivity contribution in [3.8, 4) is 10.7 Å². The first kappa shape index (κ1) is 39.4. The van der Waals surface area contributed by atoms with E-state index in [1.807, 2.05) is 58.2 Å². The molecule has 0 aliphatic carbocycles. The van der Waals surface area contributed by atoms with E-state index in [0.29, 0.717) is 51.0 Å². The molecular formula is C37H51BN6O7S. The second-order valence-electron chi connectivity index (χ2n) is 14.8. The summed E-state index contributed by atoms with van der Waals surface area (Å²) in [6, 6.07) is 6.74. The normalized spacial score (nSPS) is 30.8. The number of thiazole rings is 1. The molecule has 4 heterocycles. The molecule has 2 aliphatic heterocycles. The van der Waals surface area contributed by atoms with Crippen molar-refractivity contribution in [3.05, 3.63) is 30.5 Å². The Kier molecular flexibility index (Phi) is 12.1. The highest BCUT2D eigenvalue weighted by atomic mass is 32.1. The number of carbonyl (C=O) groups excluding carboxylic acids is 4. The first-order valence-electron chi connectivity index (χ1n) is 18.2. The third kappa shape index (κ3) is 8.05. The van der Waals surface area contributed by atoms with Crippen molar-refractivity contribution >= 4 is 53.2 Å². The van der Waals surface area contributed by atoms with Gasteiger partial charge in [0.05, 0.1) is 41.9 Å². The Labute approximate surface area is 311 Å². The fourth-order valence-corrected chi connectivity index (χ4v) is 8.73. The Morgan fingerprint density at radius 3 is 2.50 bits per heavy atom. The first-order chi connectivity index (χ1) is 24.6. The van der Waals surface area contributed by atoms with E-state index in [2.05, 4.69) is 15.3 Å². The van der Waals surface area contributed by atoms with Gasteiger partial charge in [-0.2, -0.15) is 0 Å². The van der Waals surface area contributed by atoms with E-state index in [-0.39, 0.29) is 24.0 Å². The number of aromatic nitrogens is 4. The smallest absolute Gasteiger partial charge is 0.410 e. The molecule has 1 aromatic carbocycles. The molecule has 0 spiro atoms. The Balaban J connectivity index is 1.38. The quantitative estimate of drug-likeness (QED) is 0.126. The Morgan fingerprint density at radius 1 is 1.12 bits per heavy atom. The van der Waals surface area contributed by atoms with Gasteiger partial charge in [0.25, 0.3) is 0 Å². The number of hydrogen-bond donors (Lipinski definition) is 0. The van der Waals surface area contributed by atoms with Gasteiger partial charge in [-0.15, -0.1) is 16.4 Å². The number of ketones is 1. The van der Waals surface area contributed by atoms with Gasteiger partial charge in [0.15, 0.2) is 5.60 Å². The van der Waals surface area contributed by atoms with Crippen LogP contribution in [0.4, 0.5) is 4.79 Å². The van der Waals surface area contributed by atoms with Crippen molar-refractivity contribution in [2.24, 2.45) is 11.8 Å². The predicted octanol–water partition coefficient (Wildman–Crippen LogP) is 5.47. The predicted molar refractivity (Wildman–Crippen MR) is 198 cm³/mol. The zero-order valence-corrected chi connectivity index (χ0v) is 32.4. The molecule has 3 aromatic rings. The van der Waals surface area contributed by atoms with E-state index in [4.69, 9.17) is 22.1 Å². The van der Waals surface area contributed by atoms with E-state index >= 15 is 0 Å². The molecule has 15 heteroatoms. The van der Waals surface area contributed by atoms with Gasteiger partial charge >= 0.3 is 12.1 Å². The number of fused-ring (bicyclic) bond motifs is 2. The second kappa shape index (κ2) is 16.0.